The minimum atomic E-state index is 0.416. The molecule has 0 radical (unpaired) electrons. The molecule has 0 aromatic heterocycles. The van der Waals surface area contributed by atoms with Crippen LogP contribution in [0.3, 0.4) is 0 Å². The summed E-state index contributed by atoms with van der Waals surface area (Å²) < 4.78 is 5.38. The number of anilines is 1. The minimum absolute atomic E-state index is 0.416. The molecule has 2 rings (SSSR count). The Labute approximate surface area is 122 Å². The number of rotatable bonds is 6. The molecule has 0 spiro atoms. The molecule has 0 aliphatic carbocycles. The Balaban J connectivity index is 1.86. The van der Waals surface area contributed by atoms with Crippen molar-refractivity contribution in [3.05, 3.63) is 29.8 Å². The number of hydrogen-bond donors (Lipinski definition) is 1. The first-order valence-electron chi connectivity index (χ1n) is 7.42. The molecular weight excluding hydrogens is 248 g/mol. The van der Waals surface area contributed by atoms with Crippen LogP contribution in [0.1, 0.15) is 25.3 Å². The quantitative estimate of drug-likeness (QED) is 0.805. The summed E-state index contributed by atoms with van der Waals surface area (Å²) in [7, 11) is 0. The number of benzene rings is 1. The van der Waals surface area contributed by atoms with Crippen molar-refractivity contribution >= 4 is 5.69 Å². The molecule has 1 saturated heterocycles. The summed E-state index contributed by atoms with van der Waals surface area (Å²) in [5.74, 6) is 2.73. The molecule has 1 aromatic carbocycles. The second-order valence-electron chi connectivity index (χ2n) is 5.16. The first kappa shape index (κ1) is 14.9. The highest BCUT2D eigenvalue weighted by Crippen LogP contribution is 2.16. The van der Waals surface area contributed by atoms with Crippen molar-refractivity contribution in [3.8, 4) is 12.3 Å². The Morgan fingerprint density at radius 3 is 2.60 bits per heavy atom. The van der Waals surface area contributed by atoms with Crippen molar-refractivity contribution < 1.29 is 4.74 Å². The maximum absolute atomic E-state index is 5.38. The van der Waals surface area contributed by atoms with Gasteiger partial charge >= 0.3 is 0 Å². The number of hydrogen-bond acceptors (Lipinski definition) is 3. The molecule has 1 aliphatic rings. The van der Waals surface area contributed by atoms with Crippen LogP contribution in [-0.2, 0) is 11.3 Å². The normalized spacial score (nSPS) is 16.7. The predicted octanol–water partition coefficient (Wildman–Crippen LogP) is 2.41. The van der Waals surface area contributed by atoms with Gasteiger partial charge < -0.3 is 15.0 Å². The van der Waals surface area contributed by atoms with E-state index in [9.17, 15) is 0 Å². The van der Waals surface area contributed by atoms with E-state index >= 15 is 0 Å². The van der Waals surface area contributed by atoms with Crippen molar-refractivity contribution in [1.29, 1.82) is 0 Å². The molecule has 108 valence electrons. The minimum Gasteiger partial charge on any atom is -0.378 e. The molecule has 1 N–H and O–H groups in total. The fraction of sp³-hybridized carbons (Fsp3) is 0.529. The lowest BCUT2D eigenvalue weighted by Gasteiger charge is -2.29. The van der Waals surface area contributed by atoms with Gasteiger partial charge in [0.15, 0.2) is 0 Å². The smallest absolute Gasteiger partial charge is 0.0642 e. The summed E-state index contributed by atoms with van der Waals surface area (Å²) in [5, 5.41) is 3.51. The molecule has 1 fully saturated rings. The Morgan fingerprint density at radius 2 is 2.00 bits per heavy atom. The highest BCUT2D eigenvalue weighted by Gasteiger charge is 2.10. The van der Waals surface area contributed by atoms with Crippen LogP contribution in [0.25, 0.3) is 0 Å². The van der Waals surface area contributed by atoms with Gasteiger partial charge in [0, 0.05) is 37.8 Å². The van der Waals surface area contributed by atoms with Crippen LogP contribution in [0.5, 0.6) is 0 Å². The molecule has 0 bridgehead atoms. The van der Waals surface area contributed by atoms with Gasteiger partial charge in [0.25, 0.3) is 0 Å². The van der Waals surface area contributed by atoms with E-state index in [2.05, 4.69) is 47.3 Å². The zero-order valence-corrected chi connectivity index (χ0v) is 12.3. The fourth-order valence-corrected chi connectivity index (χ4v) is 2.41. The summed E-state index contributed by atoms with van der Waals surface area (Å²) >= 11 is 0. The van der Waals surface area contributed by atoms with Gasteiger partial charge in [-0.15, -0.1) is 12.3 Å². The molecule has 1 heterocycles. The van der Waals surface area contributed by atoms with E-state index in [0.29, 0.717) is 6.04 Å². The molecule has 0 amide bonds. The van der Waals surface area contributed by atoms with E-state index in [1.54, 1.807) is 0 Å². The number of ether oxygens (including phenoxy) is 1. The molecule has 1 atom stereocenters. The van der Waals surface area contributed by atoms with Gasteiger partial charge in [-0.3, -0.25) is 0 Å². The third-order valence-corrected chi connectivity index (χ3v) is 3.76. The van der Waals surface area contributed by atoms with E-state index < -0.39 is 0 Å². The second kappa shape index (κ2) is 7.94. The summed E-state index contributed by atoms with van der Waals surface area (Å²) in [6.45, 7) is 6.66. The van der Waals surface area contributed by atoms with Gasteiger partial charge in [-0.2, -0.15) is 0 Å². The van der Waals surface area contributed by atoms with Gasteiger partial charge in [-0.1, -0.05) is 19.1 Å². The van der Waals surface area contributed by atoms with Gasteiger partial charge in [-0.05, 0) is 24.1 Å². The van der Waals surface area contributed by atoms with Crippen LogP contribution in [0.15, 0.2) is 24.3 Å². The first-order valence-corrected chi connectivity index (χ1v) is 7.42. The summed E-state index contributed by atoms with van der Waals surface area (Å²) in [6.07, 6.45) is 7.23. The lowest BCUT2D eigenvalue weighted by molar-refractivity contribution is 0.122. The number of morpholine rings is 1. The van der Waals surface area contributed by atoms with Crippen molar-refractivity contribution in [2.24, 2.45) is 0 Å². The Kier molecular flexibility index (Phi) is 5.91. The Hall–Kier alpha value is -1.50. The molecule has 20 heavy (non-hydrogen) atoms. The maximum atomic E-state index is 5.38. The Morgan fingerprint density at radius 1 is 1.30 bits per heavy atom. The highest BCUT2D eigenvalue weighted by molar-refractivity contribution is 5.47. The zero-order chi connectivity index (χ0) is 14.2. The predicted molar refractivity (Wildman–Crippen MR) is 83.8 cm³/mol. The summed E-state index contributed by atoms with van der Waals surface area (Å²) in [5.41, 5.74) is 2.59. The van der Waals surface area contributed by atoms with Gasteiger partial charge in [-0.25, -0.2) is 0 Å². The topological polar surface area (TPSA) is 24.5 Å². The molecule has 3 nitrogen and oxygen atoms in total. The number of nitrogens with one attached hydrogen (secondary N) is 1. The lowest BCUT2D eigenvalue weighted by atomic mass is 10.1. The van der Waals surface area contributed by atoms with Crippen molar-refractivity contribution in [2.45, 2.75) is 32.4 Å². The average molecular weight is 272 g/mol. The monoisotopic (exact) mass is 272 g/mol. The molecule has 0 saturated carbocycles. The van der Waals surface area contributed by atoms with Crippen molar-refractivity contribution in [2.75, 3.05) is 31.2 Å². The van der Waals surface area contributed by atoms with Crippen LogP contribution < -0.4 is 10.2 Å². The third-order valence-electron chi connectivity index (χ3n) is 3.76. The molecule has 1 aliphatic heterocycles. The molecule has 1 aromatic rings. The largest absolute Gasteiger partial charge is 0.378 e. The van der Waals surface area contributed by atoms with Crippen molar-refractivity contribution in [1.82, 2.24) is 5.32 Å². The van der Waals surface area contributed by atoms with Crippen LogP contribution in [0, 0.1) is 12.3 Å². The number of terminal acetylenes is 1. The lowest BCUT2D eigenvalue weighted by Crippen LogP contribution is -2.36. The van der Waals surface area contributed by atoms with E-state index in [0.717, 1.165) is 45.7 Å². The first-order chi connectivity index (χ1) is 9.83. The van der Waals surface area contributed by atoms with Crippen LogP contribution >= 0.6 is 0 Å². The SMILES string of the molecule is C#CCC(CC)NCc1ccc(N2CCOCC2)cc1. The van der Waals surface area contributed by atoms with Gasteiger partial charge in [0.1, 0.15) is 0 Å². The fourth-order valence-electron chi connectivity index (χ4n) is 2.41. The van der Waals surface area contributed by atoms with E-state index in [4.69, 9.17) is 11.2 Å². The second-order valence-corrected chi connectivity index (χ2v) is 5.16. The summed E-state index contributed by atoms with van der Waals surface area (Å²) in [4.78, 5) is 2.37. The average Bonchev–Trinajstić information content (AvgIpc) is 2.53. The van der Waals surface area contributed by atoms with Gasteiger partial charge in [0.05, 0.1) is 13.2 Å². The van der Waals surface area contributed by atoms with Gasteiger partial charge in [0.2, 0.25) is 0 Å². The third kappa shape index (κ3) is 4.26. The molecular formula is C17H24N2O. The molecule has 1 unspecified atom stereocenters. The van der Waals surface area contributed by atoms with Crippen molar-refractivity contribution in [3.63, 3.8) is 0 Å². The van der Waals surface area contributed by atoms with Crippen LogP contribution in [0.4, 0.5) is 5.69 Å². The van der Waals surface area contributed by atoms with Crippen LogP contribution in [0.2, 0.25) is 0 Å². The van der Waals surface area contributed by atoms with Crippen LogP contribution in [-0.4, -0.2) is 32.3 Å². The van der Waals surface area contributed by atoms with E-state index in [-0.39, 0.29) is 0 Å². The number of nitrogens with zero attached hydrogens (tertiary/aromatic N) is 1. The Bertz CT molecular complexity index is 429. The molecule has 3 heteroatoms. The van der Waals surface area contributed by atoms with E-state index in [1.807, 2.05) is 0 Å². The zero-order valence-electron chi connectivity index (χ0n) is 12.3. The standard InChI is InChI=1S/C17H24N2O/c1-3-5-16(4-2)18-14-15-6-8-17(9-7-15)19-10-12-20-13-11-19/h1,6-9,16,18H,4-5,10-14H2,2H3. The highest BCUT2D eigenvalue weighted by atomic mass is 16.5. The van der Waals surface area contributed by atoms with E-state index in [1.165, 1.54) is 11.3 Å². The summed E-state index contributed by atoms with van der Waals surface area (Å²) in [6, 6.07) is 9.20. The maximum Gasteiger partial charge on any atom is 0.0642 e.